The van der Waals surface area contributed by atoms with Crippen LogP contribution in [0.25, 0.3) is 5.65 Å². The second-order valence-electron chi connectivity index (χ2n) is 6.26. The maximum absolute atomic E-state index is 13.7. The summed E-state index contributed by atoms with van der Waals surface area (Å²) in [5, 5.41) is 11.3. The molecule has 4 rings (SSSR count). The Hall–Kier alpha value is -3.55. The van der Waals surface area contributed by atoms with Gasteiger partial charge in [-0.3, -0.25) is 19.5 Å². The molecule has 3 aromatic rings. The molecule has 0 fully saturated rings. The van der Waals surface area contributed by atoms with Gasteiger partial charge in [-0.05, 0) is 24.6 Å². The van der Waals surface area contributed by atoms with Crippen LogP contribution in [0.5, 0.6) is 0 Å². The fourth-order valence-electron chi connectivity index (χ4n) is 3.20. The molecule has 8 heteroatoms. The number of imidazole rings is 1. The van der Waals surface area contributed by atoms with Crippen molar-refractivity contribution >= 4 is 11.9 Å². The molecule has 0 N–H and O–H groups in total. The Morgan fingerprint density at radius 2 is 2.00 bits per heavy atom. The van der Waals surface area contributed by atoms with Gasteiger partial charge >= 0.3 is 5.70 Å². The van der Waals surface area contributed by atoms with E-state index in [1.165, 1.54) is 24.7 Å². The number of nitro groups is 1. The highest BCUT2D eigenvalue weighted by Gasteiger charge is 2.31. The molecule has 1 aliphatic rings. The molecule has 0 aliphatic carbocycles. The van der Waals surface area contributed by atoms with Crippen molar-refractivity contribution in [2.24, 2.45) is 4.99 Å². The molecule has 0 saturated heterocycles. The smallest absolute Gasteiger partial charge is 0.302 e. The summed E-state index contributed by atoms with van der Waals surface area (Å²) >= 11 is 0. The number of benzene rings is 1. The molecule has 0 saturated carbocycles. The third kappa shape index (κ3) is 3.05. The van der Waals surface area contributed by atoms with Crippen LogP contribution in [0, 0.1) is 15.9 Å². The predicted octanol–water partition coefficient (Wildman–Crippen LogP) is 3.74. The molecule has 0 radical (unpaired) electrons. The Bertz CT molecular complexity index is 1060. The highest BCUT2D eigenvalue weighted by molar-refractivity contribution is 5.76. The Balaban J connectivity index is 1.81. The molecule has 0 bridgehead atoms. The Morgan fingerprint density at radius 3 is 2.74 bits per heavy atom. The largest absolute Gasteiger partial charge is 0.338 e. The van der Waals surface area contributed by atoms with E-state index in [9.17, 15) is 14.5 Å². The minimum atomic E-state index is -0.569. The monoisotopic (exact) mass is 365 g/mol. The van der Waals surface area contributed by atoms with Crippen molar-refractivity contribution < 1.29 is 9.31 Å². The number of aliphatic imine (C=N–C) groups is 1. The minimum absolute atomic E-state index is 0.103. The fraction of sp³-hybridized carbons (Fsp3) is 0.158. The predicted molar refractivity (Wildman–Crippen MR) is 98.2 cm³/mol. The summed E-state index contributed by atoms with van der Waals surface area (Å²) in [6, 6.07) is 12.4. The first-order valence-corrected chi connectivity index (χ1v) is 8.39. The first-order valence-electron chi connectivity index (χ1n) is 8.39. The molecule has 7 nitrogen and oxygen atoms in total. The molecule has 27 heavy (non-hydrogen) atoms. The first kappa shape index (κ1) is 16.9. The number of fused-ring (bicyclic) bond motifs is 1. The van der Waals surface area contributed by atoms with Gasteiger partial charge in [0.05, 0.1) is 29.1 Å². The Morgan fingerprint density at radius 1 is 1.22 bits per heavy atom. The zero-order valence-electron chi connectivity index (χ0n) is 14.4. The van der Waals surface area contributed by atoms with E-state index in [-0.39, 0.29) is 11.7 Å². The lowest BCUT2D eigenvalue weighted by atomic mass is 10.1. The maximum Gasteiger partial charge on any atom is 0.302 e. The zero-order valence-corrected chi connectivity index (χ0v) is 14.4. The third-order valence-electron chi connectivity index (χ3n) is 4.61. The number of allylic oxidation sites excluding steroid dienone is 1. The highest BCUT2D eigenvalue weighted by atomic mass is 19.1. The summed E-state index contributed by atoms with van der Waals surface area (Å²) in [4.78, 5) is 21.3. The molecule has 1 unspecified atom stereocenters. The highest BCUT2D eigenvalue weighted by Crippen LogP contribution is 2.34. The number of hydrogen-bond donors (Lipinski definition) is 0. The minimum Gasteiger partial charge on any atom is -0.338 e. The lowest BCUT2D eigenvalue weighted by Gasteiger charge is -2.34. The van der Waals surface area contributed by atoms with Gasteiger partial charge < -0.3 is 4.90 Å². The van der Waals surface area contributed by atoms with Crippen molar-refractivity contribution in [1.29, 1.82) is 0 Å². The summed E-state index contributed by atoms with van der Waals surface area (Å²) in [6.07, 6.45) is 5.10. The van der Waals surface area contributed by atoms with Crippen molar-refractivity contribution in [3.05, 3.63) is 93.9 Å². The van der Waals surface area contributed by atoms with Gasteiger partial charge in [0.15, 0.2) is 6.17 Å². The molecule has 136 valence electrons. The lowest BCUT2D eigenvalue weighted by molar-refractivity contribution is -0.415. The SMILES string of the molecule is CC(c1ccccc1)N1C=C([N+](=O)[O-])C=N[C@@H]1c1cnc2ccc(F)cn12. The molecule has 0 spiro atoms. The van der Waals surface area contributed by atoms with E-state index in [1.54, 1.807) is 21.6 Å². The molecule has 2 aromatic heterocycles. The molecule has 1 aliphatic heterocycles. The summed E-state index contributed by atoms with van der Waals surface area (Å²) in [5.41, 5.74) is 2.09. The second-order valence-corrected chi connectivity index (χ2v) is 6.26. The molecular weight excluding hydrogens is 349 g/mol. The summed E-state index contributed by atoms with van der Waals surface area (Å²) in [7, 11) is 0. The van der Waals surface area contributed by atoms with E-state index < -0.39 is 16.9 Å². The van der Waals surface area contributed by atoms with Crippen LogP contribution in [0.4, 0.5) is 4.39 Å². The zero-order chi connectivity index (χ0) is 19.0. The number of rotatable bonds is 4. The van der Waals surface area contributed by atoms with E-state index in [0.717, 1.165) is 5.56 Å². The summed E-state index contributed by atoms with van der Waals surface area (Å²) in [5.74, 6) is -0.397. The first-order chi connectivity index (χ1) is 13.0. The molecule has 2 atom stereocenters. The van der Waals surface area contributed by atoms with E-state index in [0.29, 0.717) is 11.3 Å². The third-order valence-corrected chi connectivity index (χ3v) is 4.61. The van der Waals surface area contributed by atoms with Crippen LogP contribution in [0.2, 0.25) is 0 Å². The number of halogens is 1. The van der Waals surface area contributed by atoms with Gasteiger partial charge in [-0.2, -0.15) is 0 Å². The van der Waals surface area contributed by atoms with E-state index in [2.05, 4.69) is 9.98 Å². The van der Waals surface area contributed by atoms with E-state index in [1.807, 2.05) is 37.3 Å². The van der Waals surface area contributed by atoms with Gasteiger partial charge in [-0.15, -0.1) is 0 Å². The van der Waals surface area contributed by atoms with Crippen LogP contribution in [0.3, 0.4) is 0 Å². The van der Waals surface area contributed by atoms with Crippen molar-refractivity contribution in [3.63, 3.8) is 0 Å². The average molecular weight is 365 g/mol. The van der Waals surface area contributed by atoms with Crippen LogP contribution in [0.15, 0.2) is 71.7 Å². The Labute approximate surface area is 154 Å². The van der Waals surface area contributed by atoms with Crippen molar-refractivity contribution in [1.82, 2.24) is 14.3 Å². The standard InChI is InChI=1S/C19H16FN5O2/c1-13(14-5-3-2-4-6-14)23-12-16(25(26)27)9-22-19(23)17-10-21-18-8-7-15(20)11-24(17)18/h2-13,19H,1H3/t13?,19-/m0/s1. The molecule has 0 amide bonds. The van der Waals surface area contributed by atoms with Gasteiger partial charge in [-0.1, -0.05) is 30.3 Å². The van der Waals surface area contributed by atoms with E-state index in [4.69, 9.17) is 0 Å². The van der Waals surface area contributed by atoms with Crippen LogP contribution in [-0.2, 0) is 0 Å². The quantitative estimate of drug-likeness (QED) is 0.521. The number of aromatic nitrogens is 2. The van der Waals surface area contributed by atoms with E-state index >= 15 is 0 Å². The normalized spacial score (nSPS) is 17.8. The summed E-state index contributed by atoms with van der Waals surface area (Å²) < 4.78 is 15.4. The topological polar surface area (TPSA) is 76.0 Å². The second kappa shape index (κ2) is 6.64. The Kier molecular flexibility index (Phi) is 4.15. The van der Waals surface area contributed by atoms with Crippen LogP contribution in [-0.4, -0.2) is 25.4 Å². The number of nitrogens with zero attached hydrogens (tertiary/aromatic N) is 5. The van der Waals surface area contributed by atoms with Gasteiger partial charge in [0.25, 0.3) is 0 Å². The van der Waals surface area contributed by atoms with Crippen molar-refractivity contribution in [3.8, 4) is 0 Å². The van der Waals surface area contributed by atoms with Crippen LogP contribution >= 0.6 is 0 Å². The van der Waals surface area contributed by atoms with Gasteiger partial charge in [-0.25, -0.2) is 9.37 Å². The molecule has 3 heterocycles. The number of pyridine rings is 1. The van der Waals surface area contributed by atoms with Gasteiger partial charge in [0.1, 0.15) is 17.7 Å². The molecular formula is C19H16FN5O2. The average Bonchev–Trinajstić information content (AvgIpc) is 3.10. The van der Waals surface area contributed by atoms with Gasteiger partial charge in [0.2, 0.25) is 0 Å². The fourth-order valence-corrected chi connectivity index (χ4v) is 3.20. The summed E-state index contributed by atoms with van der Waals surface area (Å²) in [6.45, 7) is 1.95. The maximum atomic E-state index is 13.7. The van der Waals surface area contributed by atoms with Gasteiger partial charge in [0, 0.05) is 6.20 Å². The lowest BCUT2D eigenvalue weighted by Crippen LogP contribution is -2.30. The number of hydrogen-bond acceptors (Lipinski definition) is 5. The molecule has 1 aromatic carbocycles. The van der Waals surface area contributed by atoms with Crippen LogP contribution < -0.4 is 0 Å². The van der Waals surface area contributed by atoms with Crippen molar-refractivity contribution in [2.45, 2.75) is 19.1 Å². The van der Waals surface area contributed by atoms with Crippen LogP contribution in [0.1, 0.15) is 30.4 Å². The van der Waals surface area contributed by atoms with Crippen molar-refractivity contribution in [2.75, 3.05) is 0 Å².